The van der Waals surface area contributed by atoms with E-state index in [1.165, 1.54) is 0 Å². The third-order valence-corrected chi connectivity index (χ3v) is 5.77. The van der Waals surface area contributed by atoms with E-state index in [2.05, 4.69) is 0 Å². The summed E-state index contributed by atoms with van der Waals surface area (Å²) in [7, 11) is 3.32. The maximum atomic E-state index is 6.00. The van der Waals surface area contributed by atoms with Crippen molar-refractivity contribution < 1.29 is 9.47 Å². The molecule has 144 valence electrons. The normalized spacial score (nSPS) is 16.2. The second-order valence-electron chi connectivity index (χ2n) is 6.53. The number of hydrogen-bond acceptors (Lipinski definition) is 6. The van der Waals surface area contributed by atoms with Crippen LogP contribution < -0.4 is 14.5 Å². The zero-order valence-electron chi connectivity index (χ0n) is 15.8. The average molecular weight is 414 g/mol. The molecule has 1 atom stereocenters. The molecule has 5 nitrogen and oxygen atoms in total. The highest BCUT2D eigenvalue weighted by Gasteiger charge is 2.31. The fourth-order valence-corrected chi connectivity index (χ4v) is 4.25. The second-order valence-corrected chi connectivity index (χ2v) is 7.80. The first kappa shape index (κ1) is 18.8. The van der Waals surface area contributed by atoms with Gasteiger partial charge in [-0.25, -0.2) is 9.99 Å². The number of nitrogens with zero attached hydrogens (tertiary/aromatic N) is 3. The van der Waals surface area contributed by atoms with E-state index in [0.29, 0.717) is 5.02 Å². The van der Waals surface area contributed by atoms with Crippen LogP contribution in [0.25, 0.3) is 11.3 Å². The van der Waals surface area contributed by atoms with Gasteiger partial charge in [-0.3, -0.25) is 0 Å². The second kappa shape index (κ2) is 7.81. The Bertz CT molecular complexity index is 1020. The van der Waals surface area contributed by atoms with Gasteiger partial charge in [0.05, 0.1) is 26.0 Å². The highest BCUT2D eigenvalue weighted by Crippen LogP contribution is 2.42. The zero-order valence-corrected chi connectivity index (χ0v) is 17.4. The minimum Gasteiger partial charge on any atom is -0.497 e. The fraction of sp³-hybridized carbons (Fsp3) is 0.238. The maximum Gasteiger partial charge on any atom is 0.207 e. The average Bonchev–Trinajstić information content (AvgIpc) is 3.34. The van der Waals surface area contributed by atoms with Crippen LogP contribution >= 0.6 is 22.9 Å². The molecule has 0 saturated heterocycles. The SMILES string of the molecule is COc1ccc([C@@H]2CC(C)=NN2c2nc(-c3ccc(Cl)cc3)cs2)c(OC)c1. The van der Waals surface area contributed by atoms with E-state index in [-0.39, 0.29) is 6.04 Å². The molecule has 3 aromatic rings. The maximum absolute atomic E-state index is 6.00. The number of thiazole rings is 1. The summed E-state index contributed by atoms with van der Waals surface area (Å²) in [6.07, 6.45) is 0.818. The monoisotopic (exact) mass is 413 g/mol. The quantitative estimate of drug-likeness (QED) is 0.529. The zero-order chi connectivity index (χ0) is 19.7. The van der Waals surface area contributed by atoms with E-state index >= 15 is 0 Å². The van der Waals surface area contributed by atoms with E-state index in [1.807, 2.05) is 59.8 Å². The third kappa shape index (κ3) is 3.57. The molecule has 0 saturated carbocycles. The molecule has 1 aliphatic rings. The topological polar surface area (TPSA) is 47.0 Å². The van der Waals surface area contributed by atoms with Crippen LogP contribution in [0, 0.1) is 0 Å². The molecular weight excluding hydrogens is 394 g/mol. The molecule has 7 heteroatoms. The van der Waals surface area contributed by atoms with Crippen molar-refractivity contribution >= 4 is 33.8 Å². The lowest BCUT2D eigenvalue weighted by atomic mass is 10.0. The smallest absolute Gasteiger partial charge is 0.207 e. The van der Waals surface area contributed by atoms with Crippen molar-refractivity contribution in [1.82, 2.24) is 4.98 Å². The number of methoxy groups -OCH3 is 2. The molecule has 0 aliphatic carbocycles. The molecule has 0 spiro atoms. The van der Waals surface area contributed by atoms with Gasteiger partial charge < -0.3 is 9.47 Å². The van der Waals surface area contributed by atoms with Crippen LogP contribution in [0.4, 0.5) is 5.13 Å². The summed E-state index contributed by atoms with van der Waals surface area (Å²) in [4.78, 5) is 4.82. The summed E-state index contributed by atoms with van der Waals surface area (Å²) in [5.74, 6) is 1.55. The van der Waals surface area contributed by atoms with Crippen LogP contribution in [-0.4, -0.2) is 24.9 Å². The number of rotatable bonds is 5. The Morgan fingerprint density at radius 1 is 1.11 bits per heavy atom. The summed E-state index contributed by atoms with van der Waals surface area (Å²) in [5, 5.41) is 10.3. The highest BCUT2D eigenvalue weighted by molar-refractivity contribution is 7.14. The lowest BCUT2D eigenvalue weighted by Crippen LogP contribution is -2.19. The van der Waals surface area contributed by atoms with E-state index in [9.17, 15) is 0 Å². The van der Waals surface area contributed by atoms with Crippen LogP contribution in [0.2, 0.25) is 5.02 Å². The minimum absolute atomic E-state index is 0.0325. The van der Waals surface area contributed by atoms with Crippen molar-refractivity contribution in [3.05, 3.63) is 58.4 Å². The highest BCUT2D eigenvalue weighted by atomic mass is 35.5. The molecule has 28 heavy (non-hydrogen) atoms. The number of aromatic nitrogens is 1. The van der Waals surface area contributed by atoms with E-state index in [1.54, 1.807) is 25.6 Å². The summed E-state index contributed by atoms with van der Waals surface area (Å²) < 4.78 is 10.9. The number of benzene rings is 2. The van der Waals surface area contributed by atoms with Gasteiger partial charge in [0.15, 0.2) is 0 Å². The molecule has 0 N–H and O–H groups in total. The Hall–Kier alpha value is -2.57. The molecule has 0 radical (unpaired) electrons. The van der Waals surface area contributed by atoms with Gasteiger partial charge in [-0.05, 0) is 31.2 Å². The molecular formula is C21H20ClN3O2S. The fourth-order valence-electron chi connectivity index (χ4n) is 3.29. The van der Waals surface area contributed by atoms with Gasteiger partial charge in [0.25, 0.3) is 0 Å². The molecule has 2 heterocycles. The molecule has 0 fully saturated rings. The summed E-state index contributed by atoms with van der Waals surface area (Å²) in [5.41, 5.74) is 4.07. The largest absolute Gasteiger partial charge is 0.497 e. The van der Waals surface area contributed by atoms with Gasteiger partial charge >= 0.3 is 0 Å². The predicted molar refractivity (Wildman–Crippen MR) is 115 cm³/mol. The van der Waals surface area contributed by atoms with Crippen molar-refractivity contribution in [3.63, 3.8) is 0 Å². The Morgan fingerprint density at radius 3 is 2.61 bits per heavy atom. The van der Waals surface area contributed by atoms with Crippen LogP contribution in [0.5, 0.6) is 11.5 Å². The first-order valence-corrected chi connectivity index (χ1v) is 10.1. The first-order valence-electron chi connectivity index (χ1n) is 8.85. The summed E-state index contributed by atoms with van der Waals surface area (Å²) in [6, 6.07) is 13.6. The van der Waals surface area contributed by atoms with E-state index < -0.39 is 0 Å². The first-order chi connectivity index (χ1) is 13.6. The van der Waals surface area contributed by atoms with Crippen LogP contribution in [0.15, 0.2) is 52.9 Å². The third-order valence-electron chi connectivity index (χ3n) is 4.69. The standard InChI is InChI=1S/C21H20ClN3O2S/c1-13-10-19(17-9-8-16(26-2)11-20(17)27-3)25(24-13)21-23-18(12-28-21)14-4-6-15(22)7-5-14/h4-9,11-12,19H,10H2,1-3H3/t19-/m0/s1. The van der Waals surface area contributed by atoms with Gasteiger partial charge in [0.1, 0.15) is 11.5 Å². The van der Waals surface area contributed by atoms with E-state index in [0.717, 1.165) is 45.6 Å². The molecule has 0 amide bonds. The predicted octanol–water partition coefficient (Wildman–Crippen LogP) is 5.81. The summed E-state index contributed by atoms with van der Waals surface area (Å²) in [6.45, 7) is 2.04. The number of ether oxygens (including phenoxy) is 2. The number of hydrazone groups is 1. The number of hydrogen-bond donors (Lipinski definition) is 0. The van der Waals surface area contributed by atoms with Crippen molar-refractivity contribution in [2.45, 2.75) is 19.4 Å². The van der Waals surface area contributed by atoms with Crippen molar-refractivity contribution in [2.24, 2.45) is 5.10 Å². The van der Waals surface area contributed by atoms with E-state index in [4.69, 9.17) is 31.2 Å². The van der Waals surface area contributed by atoms with Crippen LogP contribution in [0.3, 0.4) is 0 Å². The van der Waals surface area contributed by atoms with Gasteiger partial charge in [-0.1, -0.05) is 23.7 Å². The van der Waals surface area contributed by atoms with Crippen LogP contribution in [0.1, 0.15) is 24.9 Å². The lowest BCUT2D eigenvalue weighted by Gasteiger charge is -2.23. The minimum atomic E-state index is 0.0325. The van der Waals surface area contributed by atoms with Crippen molar-refractivity contribution in [1.29, 1.82) is 0 Å². The van der Waals surface area contributed by atoms with Gasteiger partial charge in [0.2, 0.25) is 5.13 Å². The molecule has 4 rings (SSSR count). The number of anilines is 1. The Balaban J connectivity index is 1.68. The van der Waals surface area contributed by atoms with Gasteiger partial charge in [0, 0.05) is 39.7 Å². The van der Waals surface area contributed by atoms with Crippen LogP contribution in [-0.2, 0) is 0 Å². The van der Waals surface area contributed by atoms with Crippen molar-refractivity contribution in [3.8, 4) is 22.8 Å². The molecule has 0 bridgehead atoms. The number of halogens is 1. The Labute approximate surface area is 173 Å². The molecule has 1 aliphatic heterocycles. The van der Waals surface area contributed by atoms with Crippen molar-refractivity contribution in [2.75, 3.05) is 19.2 Å². The lowest BCUT2D eigenvalue weighted by molar-refractivity contribution is 0.388. The molecule has 0 unspecified atom stereocenters. The van der Waals surface area contributed by atoms with Gasteiger partial charge in [-0.15, -0.1) is 11.3 Å². The Morgan fingerprint density at radius 2 is 1.89 bits per heavy atom. The van der Waals surface area contributed by atoms with Gasteiger partial charge in [-0.2, -0.15) is 5.10 Å². The summed E-state index contributed by atoms with van der Waals surface area (Å²) >= 11 is 7.57. The molecule has 1 aromatic heterocycles. The molecule has 2 aromatic carbocycles. The Kier molecular flexibility index (Phi) is 5.24.